The number of aromatic nitrogens is 3. The van der Waals surface area contributed by atoms with E-state index >= 15 is 0 Å². The lowest BCUT2D eigenvalue weighted by atomic mass is 10.3. The smallest absolute Gasteiger partial charge is 0.344 e. The van der Waals surface area contributed by atoms with Crippen molar-refractivity contribution in [1.82, 2.24) is 14.8 Å². The van der Waals surface area contributed by atoms with Crippen molar-refractivity contribution in [2.75, 3.05) is 5.73 Å². The number of hydrogen-bond donors (Lipinski definition) is 2. The van der Waals surface area contributed by atoms with E-state index in [1.807, 2.05) is 13.8 Å². The Morgan fingerprint density at radius 3 is 2.63 bits per heavy atom. The van der Waals surface area contributed by atoms with Crippen molar-refractivity contribution in [1.29, 1.82) is 0 Å². The lowest BCUT2D eigenvalue weighted by Crippen LogP contribution is -2.19. The quantitative estimate of drug-likeness (QED) is 0.852. The van der Waals surface area contributed by atoms with Crippen LogP contribution in [0.2, 0.25) is 10.0 Å². The third-order valence-electron chi connectivity index (χ3n) is 2.44. The minimum Gasteiger partial charge on any atom is -0.398 e. The molecule has 0 fully saturated rings. The number of anilines is 1. The first-order chi connectivity index (χ1) is 8.90. The molecule has 0 radical (unpaired) electrons. The molecular weight excluding hydrogens is 307 g/mol. The highest BCUT2D eigenvalue weighted by molar-refractivity contribution is 7.99. The van der Waals surface area contributed by atoms with Gasteiger partial charge in [0.1, 0.15) is 0 Å². The molecule has 8 heteroatoms. The summed E-state index contributed by atoms with van der Waals surface area (Å²) in [6.45, 7) is 3.80. The Morgan fingerprint density at radius 1 is 1.37 bits per heavy atom. The van der Waals surface area contributed by atoms with E-state index < -0.39 is 0 Å². The van der Waals surface area contributed by atoms with Crippen molar-refractivity contribution in [3.63, 3.8) is 0 Å². The van der Waals surface area contributed by atoms with Crippen LogP contribution in [0.3, 0.4) is 0 Å². The predicted octanol–water partition coefficient (Wildman–Crippen LogP) is 3.19. The summed E-state index contributed by atoms with van der Waals surface area (Å²) in [7, 11) is 0. The number of aromatic amines is 1. The minimum atomic E-state index is -0.254. The monoisotopic (exact) mass is 318 g/mol. The summed E-state index contributed by atoms with van der Waals surface area (Å²) in [5.41, 5.74) is 6.12. The van der Waals surface area contributed by atoms with Gasteiger partial charge in [-0.25, -0.2) is 9.89 Å². The van der Waals surface area contributed by atoms with E-state index in [-0.39, 0.29) is 11.7 Å². The molecule has 0 amide bonds. The van der Waals surface area contributed by atoms with Crippen LogP contribution in [-0.4, -0.2) is 14.8 Å². The van der Waals surface area contributed by atoms with E-state index in [1.165, 1.54) is 11.8 Å². The first-order valence-electron chi connectivity index (χ1n) is 5.49. The number of rotatable bonds is 3. The van der Waals surface area contributed by atoms with Crippen LogP contribution >= 0.6 is 35.0 Å². The third kappa shape index (κ3) is 2.91. The molecule has 0 spiro atoms. The lowest BCUT2D eigenvalue weighted by molar-refractivity contribution is 0.534. The lowest BCUT2D eigenvalue weighted by Gasteiger charge is -2.10. The van der Waals surface area contributed by atoms with Gasteiger partial charge in [-0.1, -0.05) is 23.2 Å². The maximum atomic E-state index is 11.6. The number of nitrogens with two attached hydrogens (primary N) is 1. The Balaban J connectivity index is 2.42. The molecule has 0 saturated heterocycles. The van der Waals surface area contributed by atoms with E-state index in [2.05, 4.69) is 10.2 Å². The molecular formula is C11H12Cl2N4OS. The number of H-pyrrole nitrogens is 1. The Bertz CT molecular complexity index is 665. The first-order valence-corrected chi connectivity index (χ1v) is 7.06. The summed E-state index contributed by atoms with van der Waals surface area (Å²) in [6.07, 6.45) is 0. The maximum Gasteiger partial charge on any atom is 0.344 e. The second-order valence-corrected chi connectivity index (χ2v) is 6.00. The fourth-order valence-corrected chi connectivity index (χ4v) is 2.98. The summed E-state index contributed by atoms with van der Waals surface area (Å²) in [4.78, 5) is 12.3. The predicted molar refractivity (Wildman–Crippen MR) is 78.2 cm³/mol. The van der Waals surface area contributed by atoms with Crippen LogP contribution in [0.1, 0.15) is 19.9 Å². The normalized spacial score (nSPS) is 11.2. The highest BCUT2D eigenvalue weighted by atomic mass is 35.5. The van der Waals surface area contributed by atoms with Crippen LogP contribution in [0.15, 0.2) is 27.0 Å². The van der Waals surface area contributed by atoms with E-state index in [4.69, 9.17) is 28.9 Å². The van der Waals surface area contributed by atoms with Gasteiger partial charge in [0.15, 0.2) is 5.16 Å². The molecule has 19 heavy (non-hydrogen) atoms. The summed E-state index contributed by atoms with van der Waals surface area (Å²) in [5.74, 6) is 0. The van der Waals surface area contributed by atoms with Gasteiger partial charge in [-0.15, -0.1) is 5.10 Å². The number of halogens is 2. The number of hydrogen-bond acceptors (Lipinski definition) is 4. The Morgan fingerprint density at radius 2 is 2.00 bits per heavy atom. The van der Waals surface area contributed by atoms with Gasteiger partial charge in [0, 0.05) is 16.6 Å². The van der Waals surface area contributed by atoms with Gasteiger partial charge < -0.3 is 5.73 Å². The van der Waals surface area contributed by atoms with Gasteiger partial charge >= 0.3 is 5.69 Å². The van der Waals surface area contributed by atoms with Crippen LogP contribution in [0.5, 0.6) is 0 Å². The second kappa shape index (κ2) is 5.48. The molecule has 2 rings (SSSR count). The van der Waals surface area contributed by atoms with Crippen molar-refractivity contribution in [2.24, 2.45) is 0 Å². The van der Waals surface area contributed by atoms with Crippen LogP contribution in [0, 0.1) is 0 Å². The van der Waals surface area contributed by atoms with Crippen molar-refractivity contribution in [3.05, 3.63) is 32.7 Å². The highest BCUT2D eigenvalue weighted by Gasteiger charge is 2.15. The van der Waals surface area contributed by atoms with Crippen LogP contribution in [0.25, 0.3) is 0 Å². The Hall–Kier alpha value is -1.11. The Labute approximate surface area is 124 Å². The summed E-state index contributed by atoms with van der Waals surface area (Å²) < 4.78 is 1.55. The van der Waals surface area contributed by atoms with Gasteiger partial charge in [0.2, 0.25) is 0 Å². The molecule has 102 valence electrons. The highest BCUT2D eigenvalue weighted by Crippen LogP contribution is 2.36. The topological polar surface area (TPSA) is 76.7 Å². The second-order valence-electron chi connectivity index (χ2n) is 4.18. The Kier molecular flexibility index (Phi) is 4.13. The fourth-order valence-electron chi connectivity index (χ4n) is 1.55. The number of nitrogens with zero attached hydrogens (tertiary/aromatic N) is 2. The molecule has 3 N–H and O–H groups in total. The molecule has 0 aliphatic heterocycles. The van der Waals surface area contributed by atoms with E-state index in [0.29, 0.717) is 25.8 Å². The van der Waals surface area contributed by atoms with E-state index in [9.17, 15) is 4.79 Å². The van der Waals surface area contributed by atoms with Crippen LogP contribution < -0.4 is 11.4 Å². The first kappa shape index (κ1) is 14.3. The maximum absolute atomic E-state index is 11.6. The van der Waals surface area contributed by atoms with Gasteiger partial charge in [-0.05, 0) is 37.7 Å². The van der Waals surface area contributed by atoms with E-state index in [1.54, 1.807) is 16.7 Å². The van der Waals surface area contributed by atoms with Crippen molar-refractivity contribution < 1.29 is 0 Å². The van der Waals surface area contributed by atoms with Crippen molar-refractivity contribution in [2.45, 2.75) is 29.9 Å². The van der Waals surface area contributed by atoms with Crippen molar-refractivity contribution >= 4 is 40.7 Å². The number of nitrogens with one attached hydrogen (secondary N) is 1. The third-order valence-corrected chi connectivity index (χ3v) is 4.21. The fraction of sp³-hybridized carbons (Fsp3) is 0.273. The molecule has 2 aromatic rings. The van der Waals surface area contributed by atoms with Crippen LogP contribution in [-0.2, 0) is 0 Å². The molecule has 0 aliphatic rings. The minimum absolute atomic E-state index is 0.00209. The standard InChI is InChI=1S/C11H12Cl2N4OS/c1-5(2)17-10(18)15-16-11(17)19-9-4-7(13)6(12)3-8(9)14/h3-5H,14H2,1-2H3,(H,15,18). The average molecular weight is 319 g/mol. The number of benzene rings is 1. The largest absolute Gasteiger partial charge is 0.398 e. The zero-order valence-corrected chi connectivity index (χ0v) is 12.6. The summed E-state index contributed by atoms with van der Waals surface area (Å²) >= 11 is 13.1. The molecule has 1 aromatic heterocycles. The van der Waals surface area contributed by atoms with Gasteiger partial charge in [-0.3, -0.25) is 4.57 Å². The molecule has 0 saturated carbocycles. The molecule has 0 bridgehead atoms. The van der Waals surface area contributed by atoms with Gasteiger partial charge in [0.25, 0.3) is 0 Å². The molecule has 0 aliphatic carbocycles. The summed E-state index contributed by atoms with van der Waals surface area (Å²) in [5, 5.41) is 7.74. The van der Waals surface area contributed by atoms with Gasteiger partial charge in [-0.2, -0.15) is 0 Å². The molecule has 0 unspecified atom stereocenters. The zero-order valence-electron chi connectivity index (χ0n) is 10.3. The molecule has 5 nitrogen and oxygen atoms in total. The number of nitrogen functional groups attached to an aromatic ring is 1. The van der Waals surface area contributed by atoms with Crippen molar-refractivity contribution in [3.8, 4) is 0 Å². The van der Waals surface area contributed by atoms with Crippen LogP contribution in [0.4, 0.5) is 5.69 Å². The molecule has 1 aromatic carbocycles. The van der Waals surface area contributed by atoms with E-state index in [0.717, 1.165) is 0 Å². The summed E-state index contributed by atoms with van der Waals surface area (Å²) in [6, 6.07) is 3.24. The van der Waals surface area contributed by atoms with Gasteiger partial charge in [0.05, 0.1) is 10.0 Å². The molecule has 1 heterocycles. The SMILES string of the molecule is CC(C)n1c(Sc2cc(Cl)c(Cl)cc2N)n[nH]c1=O. The zero-order chi connectivity index (χ0) is 14.2. The molecule has 0 atom stereocenters. The average Bonchev–Trinajstić information content (AvgIpc) is 2.67.